The molecule has 0 fully saturated rings. The van der Waals surface area contributed by atoms with Crippen LogP contribution < -0.4 is 5.32 Å². The van der Waals surface area contributed by atoms with Gasteiger partial charge in [-0.2, -0.15) is 8.75 Å². The van der Waals surface area contributed by atoms with E-state index in [4.69, 9.17) is 4.74 Å². The molecule has 1 amide bonds. The summed E-state index contributed by atoms with van der Waals surface area (Å²) in [6, 6.07) is 9.09. The second-order valence-corrected chi connectivity index (χ2v) is 6.13. The lowest BCUT2D eigenvalue weighted by atomic mass is 10.2. The molecule has 0 spiro atoms. The minimum Gasteiger partial charge on any atom is -0.452 e. The summed E-state index contributed by atoms with van der Waals surface area (Å²) < 4.78 is 27.2. The Bertz CT molecular complexity index is 931. The summed E-state index contributed by atoms with van der Waals surface area (Å²) in [5, 5.41) is 2.59. The maximum absolute atomic E-state index is 13.7. The average molecular weight is 410 g/mol. The van der Waals surface area contributed by atoms with Gasteiger partial charge in [0.15, 0.2) is 6.61 Å². The molecule has 0 saturated carbocycles. The smallest absolute Gasteiger partial charge is 0.341 e. The second kappa shape index (κ2) is 7.02. The molecule has 122 valence electrons. The summed E-state index contributed by atoms with van der Waals surface area (Å²) >= 11 is 4.12. The SMILES string of the molecule is O=C(COC(=O)c1ccc(Br)cc1F)Nc1cccc2nsnc12. The molecule has 24 heavy (non-hydrogen) atoms. The fourth-order valence-corrected chi connectivity index (χ4v) is 2.84. The van der Waals surface area contributed by atoms with E-state index in [0.29, 0.717) is 21.2 Å². The Kier molecular flexibility index (Phi) is 4.81. The number of anilines is 1. The van der Waals surface area contributed by atoms with Gasteiger partial charge in [0.2, 0.25) is 0 Å². The van der Waals surface area contributed by atoms with Crippen molar-refractivity contribution in [2.24, 2.45) is 0 Å². The molecular formula is C15H9BrFN3O3S. The van der Waals surface area contributed by atoms with Crippen LogP contribution in [0.3, 0.4) is 0 Å². The summed E-state index contributed by atoms with van der Waals surface area (Å²) in [6.07, 6.45) is 0. The molecule has 0 aliphatic rings. The fraction of sp³-hybridized carbons (Fsp3) is 0.0667. The molecule has 3 rings (SSSR count). The number of hydrogen-bond acceptors (Lipinski definition) is 6. The monoisotopic (exact) mass is 409 g/mol. The normalized spacial score (nSPS) is 10.6. The highest BCUT2D eigenvalue weighted by Crippen LogP contribution is 2.21. The average Bonchev–Trinajstić information content (AvgIpc) is 3.02. The van der Waals surface area contributed by atoms with Crippen LogP contribution in [0, 0.1) is 5.82 Å². The molecule has 0 unspecified atom stereocenters. The number of amides is 1. The first-order chi connectivity index (χ1) is 11.5. The van der Waals surface area contributed by atoms with Crippen molar-refractivity contribution >= 4 is 56.3 Å². The van der Waals surface area contributed by atoms with E-state index < -0.39 is 24.3 Å². The van der Waals surface area contributed by atoms with Crippen LogP contribution in [0.5, 0.6) is 0 Å². The molecular weight excluding hydrogens is 401 g/mol. The lowest BCUT2D eigenvalue weighted by molar-refractivity contribution is -0.119. The van der Waals surface area contributed by atoms with Crippen LogP contribution >= 0.6 is 27.7 Å². The Morgan fingerprint density at radius 2 is 2.08 bits per heavy atom. The molecule has 0 radical (unpaired) electrons. The van der Waals surface area contributed by atoms with Crippen molar-refractivity contribution in [1.82, 2.24) is 8.75 Å². The minimum atomic E-state index is -0.913. The van der Waals surface area contributed by atoms with Gasteiger partial charge in [0.05, 0.1) is 23.0 Å². The zero-order valence-electron chi connectivity index (χ0n) is 12.0. The zero-order valence-corrected chi connectivity index (χ0v) is 14.4. The second-order valence-electron chi connectivity index (χ2n) is 4.69. The van der Waals surface area contributed by atoms with Gasteiger partial charge >= 0.3 is 5.97 Å². The van der Waals surface area contributed by atoms with Gasteiger partial charge < -0.3 is 10.1 Å². The van der Waals surface area contributed by atoms with Crippen molar-refractivity contribution in [1.29, 1.82) is 0 Å². The van der Waals surface area contributed by atoms with Gasteiger partial charge in [0.25, 0.3) is 5.91 Å². The lowest BCUT2D eigenvalue weighted by Crippen LogP contribution is -2.21. The number of aromatic nitrogens is 2. The topological polar surface area (TPSA) is 81.2 Å². The van der Waals surface area contributed by atoms with E-state index in [0.717, 1.165) is 17.8 Å². The number of carbonyl (C=O) groups excluding carboxylic acids is 2. The van der Waals surface area contributed by atoms with Crippen LogP contribution in [0.2, 0.25) is 0 Å². The molecule has 2 aromatic carbocycles. The summed E-state index contributed by atoms with van der Waals surface area (Å²) in [5.74, 6) is -2.20. The van der Waals surface area contributed by atoms with Gasteiger partial charge in [-0.15, -0.1) is 0 Å². The van der Waals surface area contributed by atoms with Crippen molar-refractivity contribution in [3.05, 3.63) is 52.3 Å². The Balaban J connectivity index is 1.63. The van der Waals surface area contributed by atoms with Gasteiger partial charge in [-0.1, -0.05) is 22.0 Å². The quantitative estimate of drug-likeness (QED) is 0.667. The highest BCUT2D eigenvalue weighted by molar-refractivity contribution is 9.10. The highest BCUT2D eigenvalue weighted by atomic mass is 79.9. The lowest BCUT2D eigenvalue weighted by Gasteiger charge is -2.07. The van der Waals surface area contributed by atoms with Crippen LogP contribution in [0.15, 0.2) is 40.9 Å². The van der Waals surface area contributed by atoms with Gasteiger partial charge in [-0.05, 0) is 30.3 Å². The Labute approximate surface area is 148 Å². The van der Waals surface area contributed by atoms with Crippen LogP contribution in [0.4, 0.5) is 10.1 Å². The van der Waals surface area contributed by atoms with E-state index in [1.165, 1.54) is 12.1 Å². The molecule has 1 heterocycles. The van der Waals surface area contributed by atoms with Crippen LogP contribution in [0.1, 0.15) is 10.4 Å². The molecule has 0 aliphatic heterocycles. The predicted octanol–water partition coefficient (Wildman–Crippen LogP) is 3.39. The molecule has 9 heteroatoms. The number of carbonyl (C=O) groups is 2. The van der Waals surface area contributed by atoms with E-state index in [9.17, 15) is 14.0 Å². The van der Waals surface area contributed by atoms with Crippen molar-refractivity contribution in [3.8, 4) is 0 Å². The standard InChI is InChI=1S/C15H9BrFN3O3S/c16-8-4-5-9(10(17)6-8)15(22)23-7-13(21)18-11-2-1-3-12-14(11)20-24-19-12/h1-6H,7H2,(H,18,21). The number of halogens is 2. The summed E-state index contributed by atoms with van der Waals surface area (Å²) in [5.41, 5.74) is 1.45. The van der Waals surface area contributed by atoms with E-state index in [2.05, 4.69) is 30.0 Å². The number of fused-ring (bicyclic) bond motifs is 1. The molecule has 6 nitrogen and oxygen atoms in total. The maximum Gasteiger partial charge on any atom is 0.341 e. The highest BCUT2D eigenvalue weighted by Gasteiger charge is 2.16. The van der Waals surface area contributed by atoms with Gasteiger partial charge in [-0.25, -0.2) is 9.18 Å². The van der Waals surface area contributed by atoms with Crippen molar-refractivity contribution in [2.75, 3.05) is 11.9 Å². The molecule has 1 N–H and O–H groups in total. The molecule has 0 saturated heterocycles. The van der Waals surface area contributed by atoms with Crippen LogP contribution in [-0.2, 0) is 9.53 Å². The fourth-order valence-electron chi connectivity index (χ4n) is 1.96. The van der Waals surface area contributed by atoms with Crippen molar-refractivity contribution < 1.29 is 18.7 Å². The van der Waals surface area contributed by atoms with E-state index >= 15 is 0 Å². The summed E-state index contributed by atoms with van der Waals surface area (Å²) in [6.45, 7) is -0.539. The number of nitrogens with one attached hydrogen (secondary N) is 1. The molecule has 3 aromatic rings. The molecule has 1 aromatic heterocycles. The van der Waals surface area contributed by atoms with Crippen LogP contribution in [-0.4, -0.2) is 27.2 Å². The number of nitrogens with zero attached hydrogens (tertiary/aromatic N) is 2. The zero-order chi connectivity index (χ0) is 17.1. The Morgan fingerprint density at radius 1 is 1.25 bits per heavy atom. The van der Waals surface area contributed by atoms with Crippen molar-refractivity contribution in [2.45, 2.75) is 0 Å². The minimum absolute atomic E-state index is 0.239. The molecule has 0 atom stereocenters. The number of esters is 1. The largest absolute Gasteiger partial charge is 0.452 e. The Morgan fingerprint density at radius 3 is 2.88 bits per heavy atom. The first-order valence-corrected chi connectivity index (χ1v) is 8.20. The van der Waals surface area contributed by atoms with E-state index in [1.807, 2.05) is 0 Å². The maximum atomic E-state index is 13.7. The first-order valence-electron chi connectivity index (χ1n) is 6.68. The predicted molar refractivity (Wildman–Crippen MR) is 90.4 cm³/mol. The third-order valence-electron chi connectivity index (χ3n) is 3.05. The number of rotatable bonds is 4. The van der Waals surface area contributed by atoms with E-state index in [-0.39, 0.29) is 5.56 Å². The Hall–Kier alpha value is -2.39. The number of benzene rings is 2. The van der Waals surface area contributed by atoms with Crippen LogP contribution in [0.25, 0.3) is 11.0 Å². The summed E-state index contributed by atoms with van der Waals surface area (Å²) in [7, 11) is 0. The molecule has 0 aliphatic carbocycles. The third-order valence-corrected chi connectivity index (χ3v) is 4.08. The summed E-state index contributed by atoms with van der Waals surface area (Å²) in [4.78, 5) is 23.7. The van der Waals surface area contributed by atoms with Gasteiger partial charge in [0, 0.05) is 4.47 Å². The van der Waals surface area contributed by atoms with Crippen molar-refractivity contribution in [3.63, 3.8) is 0 Å². The van der Waals surface area contributed by atoms with E-state index in [1.54, 1.807) is 18.2 Å². The number of hydrogen-bond donors (Lipinski definition) is 1. The molecule has 0 bridgehead atoms. The van der Waals surface area contributed by atoms with Gasteiger partial charge in [-0.3, -0.25) is 4.79 Å². The van der Waals surface area contributed by atoms with Gasteiger partial charge in [0.1, 0.15) is 16.9 Å². The number of ether oxygens (including phenoxy) is 1. The third kappa shape index (κ3) is 3.57. The first kappa shape index (κ1) is 16.5.